The van der Waals surface area contributed by atoms with E-state index in [4.69, 9.17) is 28.4 Å². The van der Waals surface area contributed by atoms with Gasteiger partial charge in [0.05, 0.1) is 73.8 Å². The lowest BCUT2D eigenvalue weighted by molar-refractivity contribution is -0.256. The fourth-order valence-corrected chi connectivity index (χ4v) is 10.4. The van der Waals surface area contributed by atoms with Gasteiger partial charge in [0, 0.05) is 44.4 Å². The Kier molecular flexibility index (Phi) is 12.1. The monoisotopic (exact) mass is 730 g/mol. The number of hydrogen-bond acceptors (Lipinski definition) is 11. The van der Waals surface area contributed by atoms with Crippen molar-refractivity contribution < 1.29 is 53.3 Å². The molecule has 3 unspecified atom stereocenters. The molecule has 7 rings (SSSR count). The number of ether oxygens (including phenoxy) is 6. The van der Waals surface area contributed by atoms with Gasteiger partial charge in [-0.2, -0.15) is 0 Å². The summed E-state index contributed by atoms with van der Waals surface area (Å²) in [7, 11) is 0. The molecule has 0 aromatic heterocycles. The lowest BCUT2D eigenvalue weighted by Crippen LogP contribution is -2.60. The minimum Gasteiger partial charge on any atom is -0.394 e. The zero-order valence-corrected chi connectivity index (χ0v) is 31.3. The van der Waals surface area contributed by atoms with Crippen molar-refractivity contribution in [1.29, 1.82) is 0 Å². The van der Waals surface area contributed by atoms with Gasteiger partial charge in [-0.05, 0) is 73.8 Å². The van der Waals surface area contributed by atoms with E-state index in [-0.39, 0.29) is 116 Å². The van der Waals surface area contributed by atoms with Crippen molar-refractivity contribution in [1.82, 2.24) is 0 Å². The summed E-state index contributed by atoms with van der Waals surface area (Å²) < 4.78 is 39.1. The molecule has 7 aliphatic heterocycles. The summed E-state index contributed by atoms with van der Waals surface area (Å²) >= 11 is 0. The largest absolute Gasteiger partial charge is 0.394 e. The Hall–Kier alpha value is -1.54. The fourth-order valence-electron chi connectivity index (χ4n) is 10.4. The van der Waals surface area contributed by atoms with Crippen molar-refractivity contribution >= 4 is 11.6 Å². The number of aliphatic hydroxyl groups is 3. The van der Waals surface area contributed by atoms with E-state index in [0.29, 0.717) is 44.9 Å². The molecule has 7 fully saturated rings. The van der Waals surface area contributed by atoms with Crippen molar-refractivity contribution in [3.8, 4) is 0 Å². The van der Waals surface area contributed by atoms with Gasteiger partial charge in [0.15, 0.2) is 0 Å². The summed E-state index contributed by atoms with van der Waals surface area (Å²) in [4.78, 5) is 27.1. The van der Waals surface area contributed by atoms with Gasteiger partial charge >= 0.3 is 0 Å². The van der Waals surface area contributed by atoms with Crippen molar-refractivity contribution in [2.45, 2.75) is 190 Å². The second-order valence-electron chi connectivity index (χ2n) is 17.3. The molecule has 0 spiro atoms. The van der Waals surface area contributed by atoms with Crippen LogP contribution in [0.25, 0.3) is 0 Å². The average molecular weight is 731 g/mol. The Bertz CT molecular complexity index is 1320. The van der Waals surface area contributed by atoms with Crippen LogP contribution in [-0.2, 0) is 38.0 Å². The first-order chi connectivity index (χ1) is 24.9. The number of carbonyl (C=O) groups excluding carboxylic acids is 2. The third-order valence-corrected chi connectivity index (χ3v) is 13.7. The highest BCUT2D eigenvalue weighted by molar-refractivity contribution is 5.79. The van der Waals surface area contributed by atoms with Gasteiger partial charge in [0.25, 0.3) is 0 Å². The molecule has 0 amide bonds. The second-order valence-corrected chi connectivity index (χ2v) is 17.3. The number of rotatable bonds is 3. The minimum atomic E-state index is -0.922. The summed E-state index contributed by atoms with van der Waals surface area (Å²) in [6, 6.07) is 0. The zero-order chi connectivity index (χ0) is 36.8. The third-order valence-electron chi connectivity index (χ3n) is 13.7. The van der Waals surface area contributed by atoms with E-state index >= 15 is 0 Å². The first-order valence-corrected chi connectivity index (χ1v) is 20.2. The number of aliphatic hydroxyl groups excluding tert-OH is 3. The molecule has 11 heteroatoms. The predicted molar refractivity (Wildman–Crippen MR) is 190 cm³/mol. The van der Waals surface area contributed by atoms with Crippen LogP contribution in [0.3, 0.4) is 0 Å². The zero-order valence-electron chi connectivity index (χ0n) is 31.3. The summed E-state index contributed by atoms with van der Waals surface area (Å²) in [5.41, 5.74) is 2.10. The van der Waals surface area contributed by atoms with Crippen molar-refractivity contribution in [2.75, 3.05) is 6.61 Å². The maximum Gasteiger partial charge on any atom is 0.135 e. The first-order valence-electron chi connectivity index (χ1n) is 20.2. The quantitative estimate of drug-likeness (QED) is 0.360. The molecule has 7 aliphatic rings. The summed E-state index contributed by atoms with van der Waals surface area (Å²) in [6.07, 6.45) is 1.93. The van der Waals surface area contributed by atoms with E-state index in [9.17, 15) is 24.9 Å². The normalized spacial score (nSPS) is 48.4. The predicted octanol–water partition coefficient (Wildman–Crippen LogP) is 4.16. The highest BCUT2D eigenvalue weighted by Gasteiger charge is 2.56. The second kappa shape index (κ2) is 16.3. The molecule has 0 aliphatic carbocycles. The van der Waals surface area contributed by atoms with Gasteiger partial charge in [0.2, 0.25) is 0 Å². The summed E-state index contributed by atoms with van der Waals surface area (Å²) in [6.45, 7) is 14.7. The molecule has 0 saturated carbocycles. The van der Waals surface area contributed by atoms with Crippen LogP contribution in [0.5, 0.6) is 0 Å². The molecule has 7 heterocycles. The molecular formula is C41H62O11. The van der Waals surface area contributed by atoms with Crippen LogP contribution in [0.2, 0.25) is 0 Å². The number of ketones is 2. The molecule has 0 radical (unpaired) electrons. The van der Waals surface area contributed by atoms with E-state index in [2.05, 4.69) is 27.0 Å². The van der Waals surface area contributed by atoms with Crippen LogP contribution in [0, 0.1) is 23.7 Å². The Morgan fingerprint density at radius 2 is 1.42 bits per heavy atom. The maximum absolute atomic E-state index is 13.8. The molecule has 8 bridgehead atoms. The van der Waals surface area contributed by atoms with Gasteiger partial charge in [-0.15, -0.1) is 0 Å². The van der Waals surface area contributed by atoms with Crippen molar-refractivity contribution in [3.63, 3.8) is 0 Å². The molecular weight excluding hydrogens is 668 g/mol. The number of carbonyl (C=O) groups is 2. The van der Waals surface area contributed by atoms with Crippen LogP contribution in [0.4, 0.5) is 0 Å². The minimum absolute atomic E-state index is 0.0158. The van der Waals surface area contributed by atoms with E-state index in [0.717, 1.165) is 36.8 Å². The number of hydrogen-bond donors (Lipinski definition) is 3. The Morgan fingerprint density at radius 3 is 2.21 bits per heavy atom. The fraction of sp³-hybridized carbons (Fsp3) is 0.854. The standard InChI is InChI=1S/C41H62O11/c1-20-12-29-8-10-32-21(2)13-28(47-32)7-6-25(43)16-35-24(5)39-41(52-35)38(46)40-33(51-39)11-9-30(49-40)14-26(44)15-31-23(4)34(17-27(45)19-42)50-37(31)18-36(48-29)22(20)3/h20,23-24,27-42,45-46H,2-3,6-19H2,1,4-5H3/t20-,23-,24+,27+,28+,29+,30?,31-,32?,33+,34-,35-,36-,37?,38+,39+,40+,41+/m1/s1. The average Bonchev–Trinajstić information content (AvgIpc) is 3.73. The maximum atomic E-state index is 13.8. The Labute approximate surface area is 308 Å². The third kappa shape index (κ3) is 8.19. The van der Waals surface area contributed by atoms with E-state index < -0.39 is 24.4 Å². The molecule has 18 atom stereocenters. The van der Waals surface area contributed by atoms with Crippen molar-refractivity contribution in [2.24, 2.45) is 23.7 Å². The lowest BCUT2D eigenvalue weighted by atomic mass is 9.78. The van der Waals surface area contributed by atoms with Crippen molar-refractivity contribution in [3.05, 3.63) is 24.3 Å². The van der Waals surface area contributed by atoms with Gasteiger partial charge < -0.3 is 43.7 Å². The van der Waals surface area contributed by atoms with Crippen LogP contribution >= 0.6 is 0 Å². The highest BCUT2D eigenvalue weighted by atomic mass is 16.6. The van der Waals surface area contributed by atoms with Gasteiger partial charge in [0.1, 0.15) is 29.9 Å². The smallest absolute Gasteiger partial charge is 0.135 e. The molecule has 0 aromatic carbocycles. The molecule has 0 aromatic rings. The molecule has 52 heavy (non-hydrogen) atoms. The van der Waals surface area contributed by atoms with Gasteiger partial charge in [-0.1, -0.05) is 33.9 Å². The Morgan fingerprint density at radius 1 is 0.692 bits per heavy atom. The van der Waals surface area contributed by atoms with E-state index in [1.165, 1.54) is 0 Å². The summed E-state index contributed by atoms with van der Waals surface area (Å²) in [5, 5.41) is 31.5. The summed E-state index contributed by atoms with van der Waals surface area (Å²) in [5.74, 6) is 0.265. The van der Waals surface area contributed by atoms with Gasteiger partial charge in [-0.3, -0.25) is 9.59 Å². The molecule has 7 saturated heterocycles. The van der Waals surface area contributed by atoms with Crippen LogP contribution < -0.4 is 0 Å². The van der Waals surface area contributed by atoms with Crippen LogP contribution in [0.1, 0.15) is 104 Å². The number of fused-ring (bicyclic) bond motifs is 7. The lowest BCUT2D eigenvalue weighted by Gasteiger charge is -2.46. The Balaban J connectivity index is 1.10. The molecule has 3 N–H and O–H groups in total. The molecule has 11 nitrogen and oxygen atoms in total. The van der Waals surface area contributed by atoms with E-state index in [1.807, 2.05) is 6.92 Å². The topological polar surface area (TPSA) is 150 Å². The SMILES string of the molecule is C=C1C[C@@H]2CCC(=O)C[C@H]3O[C@H]4[C@@H](O)[C@H]5OC(CC[C@@H]5O[C@H]4[C@H]3C)CC(=O)C[C@H]3C(C[C@H]4O[C@@H](CCC1O2)C[C@@H](C)C4=C)O[C@H](C[C@H](O)CO)[C@@H]3C. The molecule has 292 valence electrons. The number of Topliss-reactive ketones (excluding diaryl/α,β-unsaturated/α-hetero) is 2. The van der Waals surface area contributed by atoms with E-state index in [1.54, 1.807) is 0 Å². The van der Waals surface area contributed by atoms with Crippen LogP contribution in [-0.4, -0.2) is 119 Å². The van der Waals surface area contributed by atoms with Crippen LogP contribution in [0.15, 0.2) is 24.3 Å². The first kappa shape index (κ1) is 38.7. The van der Waals surface area contributed by atoms with Gasteiger partial charge in [-0.25, -0.2) is 0 Å². The highest BCUT2D eigenvalue weighted by Crippen LogP contribution is 2.45.